The number of rotatable bonds is 3. The highest BCUT2D eigenvalue weighted by molar-refractivity contribution is 9.10. The van der Waals surface area contributed by atoms with Gasteiger partial charge in [0, 0.05) is 5.39 Å². The topological polar surface area (TPSA) is 22.1 Å². The molecule has 0 bridgehead atoms. The third kappa shape index (κ3) is 2.80. The smallest absolute Gasteiger partial charge is 0.137 e. The first-order valence-corrected chi connectivity index (χ1v) is 6.94. The summed E-state index contributed by atoms with van der Waals surface area (Å²) in [5, 5.41) is 1.10. The summed E-state index contributed by atoms with van der Waals surface area (Å²) in [4.78, 5) is 4.52. The molecule has 0 saturated heterocycles. The highest BCUT2D eigenvalue weighted by Crippen LogP contribution is 2.22. The predicted molar refractivity (Wildman–Crippen MR) is 80.2 cm³/mol. The van der Waals surface area contributed by atoms with Gasteiger partial charge in [-0.2, -0.15) is 0 Å². The molecule has 20 heavy (non-hydrogen) atoms. The lowest BCUT2D eigenvalue weighted by Gasteiger charge is -2.07. The van der Waals surface area contributed by atoms with Crippen molar-refractivity contribution in [3.8, 4) is 5.75 Å². The van der Waals surface area contributed by atoms with Gasteiger partial charge in [0.25, 0.3) is 0 Å². The van der Waals surface area contributed by atoms with E-state index in [1.54, 1.807) is 12.1 Å². The summed E-state index contributed by atoms with van der Waals surface area (Å²) in [6, 6.07) is 16.4. The fraction of sp³-hybridized carbons (Fsp3) is 0.0625. The minimum absolute atomic E-state index is 0.304. The van der Waals surface area contributed by atoms with Crippen LogP contribution in [0.25, 0.3) is 10.9 Å². The Labute approximate surface area is 124 Å². The van der Waals surface area contributed by atoms with Crippen LogP contribution in [0.4, 0.5) is 4.39 Å². The van der Waals surface area contributed by atoms with Gasteiger partial charge in [-0.15, -0.1) is 0 Å². The second-order valence-corrected chi connectivity index (χ2v) is 5.21. The van der Waals surface area contributed by atoms with Gasteiger partial charge >= 0.3 is 0 Å². The third-order valence-corrected chi connectivity index (χ3v) is 3.54. The van der Waals surface area contributed by atoms with E-state index < -0.39 is 0 Å². The van der Waals surface area contributed by atoms with E-state index in [-0.39, 0.29) is 5.82 Å². The number of halogens is 2. The summed E-state index contributed by atoms with van der Waals surface area (Å²) in [5.74, 6) is 0.300. The van der Waals surface area contributed by atoms with Crippen molar-refractivity contribution in [3.63, 3.8) is 0 Å². The van der Waals surface area contributed by atoms with Crippen LogP contribution in [0.3, 0.4) is 0 Å². The molecular formula is C16H11BrFNO. The fourth-order valence-electron chi connectivity index (χ4n) is 1.91. The first-order chi connectivity index (χ1) is 9.72. The largest absolute Gasteiger partial charge is 0.487 e. The minimum atomic E-state index is -0.304. The van der Waals surface area contributed by atoms with E-state index in [9.17, 15) is 4.39 Å². The van der Waals surface area contributed by atoms with Crippen LogP contribution in [0.2, 0.25) is 0 Å². The van der Waals surface area contributed by atoms with Gasteiger partial charge in [-0.05, 0) is 46.3 Å². The zero-order valence-corrected chi connectivity index (χ0v) is 12.1. The molecule has 3 rings (SSSR count). The number of nitrogens with zero attached hydrogens (tertiary/aromatic N) is 1. The average molecular weight is 332 g/mol. The van der Waals surface area contributed by atoms with Gasteiger partial charge in [-0.1, -0.05) is 24.3 Å². The number of pyridine rings is 1. The second kappa shape index (κ2) is 5.59. The van der Waals surface area contributed by atoms with E-state index >= 15 is 0 Å². The van der Waals surface area contributed by atoms with Crippen LogP contribution in [-0.2, 0) is 6.61 Å². The molecule has 0 N–H and O–H groups in total. The zero-order valence-electron chi connectivity index (χ0n) is 10.5. The summed E-state index contributed by atoms with van der Waals surface area (Å²) in [6.07, 6.45) is 0. The number of fused-ring (bicyclic) bond motifs is 1. The minimum Gasteiger partial charge on any atom is -0.487 e. The van der Waals surface area contributed by atoms with Gasteiger partial charge in [-0.3, -0.25) is 0 Å². The lowest BCUT2D eigenvalue weighted by Crippen LogP contribution is -1.98. The van der Waals surface area contributed by atoms with Crippen molar-refractivity contribution in [1.29, 1.82) is 0 Å². The van der Waals surface area contributed by atoms with E-state index in [0.29, 0.717) is 16.8 Å². The molecular weight excluding hydrogens is 321 g/mol. The summed E-state index contributed by atoms with van der Waals surface area (Å²) in [6.45, 7) is 0.350. The number of ether oxygens (including phenoxy) is 1. The molecule has 3 aromatic rings. The number of hydrogen-bond donors (Lipinski definition) is 0. The Kier molecular flexibility index (Phi) is 3.65. The molecule has 0 amide bonds. The molecule has 0 aliphatic carbocycles. The summed E-state index contributed by atoms with van der Waals surface area (Å²) >= 11 is 3.13. The Morgan fingerprint density at radius 3 is 2.75 bits per heavy atom. The second-order valence-electron chi connectivity index (χ2n) is 4.36. The van der Waals surface area contributed by atoms with E-state index in [4.69, 9.17) is 4.74 Å². The molecule has 0 unspecified atom stereocenters. The quantitative estimate of drug-likeness (QED) is 0.693. The SMILES string of the molecule is Fc1ccc(OCc2ccc3ccccc3n2)cc1Br. The molecule has 1 heterocycles. The Morgan fingerprint density at radius 2 is 1.90 bits per heavy atom. The Morgan fingerprint density at radius 1 is 1.05 bits per heavy atom. The standard InChI is InChI=1S/C16H11BrFNO/c17-14-9-13(7-8-15(14)18)20-10-12-6-5-11-3-1-2-4-16(11)19-12/h1-9H,10H2. The van der Waals surface area contributed by atoms with Gasteiger partial charge in [-0.25, -0.2) is 9.37 Å². The molecule has 0 atom stereocenters. The van der Waals surface area contributed by atoms with Crippen LogP contribution in [0, 0.1) is 5.82 Å². The molecule has 0 spiro atoms. The van der Waals surface area contributed by atoms with Crippen LogP contribution in [0.5, 0.6) is 5.75 Å². The number of aromatic nitrogens is 1. The third-order valence-electron chi connectivity index (χ3n) is 2.93. The van der Waals surface area contributed by atoms with Crippen molar-refractivity contribution >= 4 is 26.8 Å². The van der Waals surface area contributed by atoms with Crippen LogP contribution in [-0.4, -0.2) is 4.98 Å². The lowest BCUT2D eigenvalue weighted by molar-refractivity contribution is 0.301. The molecule has 0 radical (unpaired) electrons. The Bertz CT molecular complexity index is 760. The maximum atomic E-state index is 13.1. The van der Waals surface area contributed by atoms with Crippen LogP contribution < -0.4 is 4.74 Å². The maximum absolute atomic E-state index is 13.1. The van der Waals surface area contributed by atoms with Crippen molar-refractivity contribution in [1.82, 2.24) is 4.98 Å². The molecule has 0 fully saturated rings. The summed E-state index contributed by atoms with van der Waals surface area (Å²) in [5.41, 5.74) is 1.78. The molecule has 0 saturated carbocycles. The van der Waals surface area contributed by atoms with Gasteiger partial charge in [0.1, 0.15) is 18.2 Å². The average Bonchev–Trinajstić information content (AvgIpc) is 2.48. The van der Waals surface area contributed by atoms with E-state index in [1.807, 2.05) is 36.4 Å². The van der Waals surface area contributed by atoms with Crippen LogP contribution >= 0.6 is 15.9 Å². The summed E-state index contributed by atoms with van der Waals surface area (Å²) < 4.78 is 19.1. The molecule has 1 aromatic heterocycles. The highest BCUT2D eigenvalue weighted by Gasteiger charge is 2.03. The van der Waals surface area contributed by atoms with Crippen LogP contribution in [0.15, 0.2) is 59.1 Å². The number of benzene rings is 2. The molecule has 0 aliphatic heterocycles. The van der Waals surface area contributed by atoms with Gasteiger partial charge in [0.2, 0.25) is 0 Å². The first-order valence-electron chi connectivity index (χ1n) is 6.15. The van der Waals surface area contributed by atoms with E-state index in [0.717, 1.165) is 16.6 Å². The molecule has 0 aliphatic rings. The predicted octanol–water partition coefficient (Wildman–Crippen LogP) is 4.72. The molecule has 100 valence electrons. The van der Waals surface area contributed by atoms with Crippen LogP contribution in [0.1, 0.15) is 5.69 Å². The number of hydrogen-bond acceptors (Lipinski definition) is 2. The monoisotopic (exact) mass is 331 g/mol. The van der Waals surface area contributed by atoms with Crippen molar-refractivity contribution < 1.29 is 9.13 Å². The molecule has 4 heteroatoms. The first kappa shape index (κ1) is 13.1. The van der Waals surface area contributed by atoms with Crippen molar-refractivity contribution in [3.05, 3.63) is 70.6 Å². The van der Waals surface area contributed by atoms with Crippen molar-refractivity contribution in [2.45, 2.75) is 6.61 Å². The normalized spacial score (nSPS) is 10.7. The fourth-order valence-corrected chi connectivity index (χ4v) is 2.27. The molecule has 2 aromatic carbocycles. The number of para-hydroxylation sites is 1. The highest BCUT2D eigenvalue weighted by atomic mass is 79.9. The van der Waals surface area contributed by atoms with Crippen molar-refractivity contribution in [2.75, 3.05) is 0 Å². The van der Waals surface area contributed by atoms with Gasteiger partial charge < -0.3 is 4.74 Å². The molecule has 2 nitrogen and oxygen atoms in total. The lowest BCUT2D eigenvalue weighted by atomic mass is 10.2. The Balaban J connectivity index is 1.77. The van der Waals surface area contributed by atoms with Gasteiger partial charge in [0.15, 0.2) is 0 Å². The van der Waals surface area contributed by atoms with E-state index in [1.165, 1.54) is 6.07 Å². The van der Waals surface area contributed by atoms with Crippen molar-refractivity contribution in [2.24, 2.45) is 0 Å². The Hall–Kier alpha value is -1.94. The van der Waals surface area contributed by atoms with E-state index in [2.05, 4.69) is 20.9 Å². The maximum Gasteiger partial charge on any atom is 0.137 e. The zero-order chi connectivity index (χ0) is 13.9. The summed E-state index contributed by atoms with van der Waals surface area (Å²) in [7, 11) is 0. The van der Waals surface area contributed by atoms with Gasteiger partial charge in [0.05, 0.1) is 15.7 Å².